The van der Waals surface area contributed by atoms with Gasteiger partial charge in [-0.15, -0.1) is 0 Å². The smallest absolute Gasteiger partial charge is 0.272 e. The van der Waals surface area contributed by atoms with Gasteiger partial charge in [-0.05, 0) is 36.4 Å². The first kappa shape index (κ1) is 13.3. The number of anilines is 1. The van der Waals surface area contributed by atoms with Crippen LogP contribution in [0.1, 0.15) is 10.5 Å². The van der Waals surface area contributed by atoms with Crippen molar-refractivity contribution in [2.75, 3.05) is 5.32 Å². The van der Waals surface area contributed by atoms with Crippen LogP contribution in [0.2, 0.25) is 0 Å². The van der Waals surface area contributed by atoms with Crippen molar-refractivity contribution in [1.29, 1.82) is 0 Å². The molecule has 0 unspecified atom stereocenters. The average Bonchev–Trinajstić information content (AvgIpc) is 3.25. The number of aromatic amines is 1. The number of amides is 1. The molecule has 2 aromatic heterocycles. The van der Waals surface area contributed by atoms with Crippen molar-refractivity contribution in [3.8, 4) is 11.3 Å². The number of oxazole rings is 1. The molecular formula is C18H13N3O2. The van der Waals surface area contributed by atoms with Crippen LogP contribution in [0.3, 0.4) is 0 Å². The average molecular weight is 303 g/mol. The Hall–Kier alpha value is -3.34. The first-order valence-electron chi connectivity index (χ1n) is 7.18. The van der Waals surface area contributed by atoms with Gasteiger partial charge in [-0.1, -0.05) is 18.2 Å². The summed E-state index contributed by atoms with van der Waals surface area (Å²) in [4.78, 5) is 19.3. The molecule has 4 aromatic rings. The Bertz CT molecular complexity index is 921. The van der Waals surface area contributed by atoms with E-state index in [4.69, 9.17) is 4.42 Å². The molecule has 0 saturated heterocycles. The fraction of sp³-hybridized carbons (Fsp3) is 0. The SMILES string of the molecule is O=C(Nc1ccc(-c2cnco2)cc1)c1cc2ccccc2[nH]1. The topological polar surface area (TPSA) is 70.9 Å². The minimum Gasteiger partial charge on any atom is -0.444 e. The highest BCUT2D eigenvalue weighted by Crippen LogP contribution is 2.21. The molecule has 4 rings (SSSR count). The first-order chi connectivity index (χ1) is 11.3. The summed E-state index contributed by atoms with van der Waals surface area (Å²) < 4.78 is 5.24. The van der Waals surface area contributed by atoms with E-state index >= 15 is 0 Å². The third kappa shape index (κ3) is 2.60. The summed E-state index contributed by atoms with van der Waals surface area (Å²) in [5.41, 5.74) is 3.10. The summed E-state index contributed by atoms with van der Waals surface area (Å²) in [5, 5.41) is 3.89. The van der Waals surface area contributed by atoms with E-state index < -0.39 is 0 Å². The van der Waals surface area contributed by atoms with E-state index in [9.17, 15) is 4.79 Å². The molecule has 1 amide bonds. The van der Waals surface area contributed by atoms with Crippen molar-refractivity contribution in [2.45, 2.75) is 0 Å². The van der Waals surface area contributed by atoms with E-state index in [1.807, 2.05) is 54.6 Å². The first-order valence-corrected chi connectivity index (χ1v) is 7.18. The lowest BCUT2D eigenvalue weighted by Crippen LogP contribution is -2.12. The molecule has 0 aliphatic heterocycles. The van der Waals surface area contributed by atoms with Gasteiger partial charge in [0.25, 0.3) is 5.91 Å². The summed E-state index contributed by atoms with van der Waals surface area (Å²) in [6, 6.07) is 17.0. The normalized spacial score (nSPS) is 10.8. The molecule has 23 heavy (non-hydrogen) atoms. The second-order valence-corrected chi connectivity index (χ2v) is 5.17. The van der Waals surface area contributed by atoms with Crippen molar-refractivity contribution in [2.24, 2.45) is 0 Å². The molecule has 0 radical (unpaired) electrons. The van der Waals surface area contributed by atoms with E-state index in [1.54, 1.807) is 6.20 Å². The summed E-state index contributed by atoms with van der Waals surface area (Å²) in [6.07, 6.45) is 3.04. The second kappa shape index (κ2) is 5.46. The van der Waals surface area contributed by atoms with Crippen LogP contribution >= 0.6 is 0 Å². The molecule has 0 bridgehead atoms. The van der Waals surface area contributed by atoms with Crippen LogP contribution in [0.15, 0.2) is 71.6 Å². The number of rotatable bonds is 3. The van der Waals surface area contributed by atoms with E-state index in [-0.39, 0.29) is 5.91 Å². The zero-order valence-electron chi connectivity index (χ0n) is 12.1. The summed E-state index contributed by atoms with van der Waals surface area (Å²) in [7, 11) is 0. The van der Waals surface area contributed by atoms with Gasteiger partial charge in [0, 0.05) is 22.2 Å². The van der Waals surface area contributed by atoms with Gasteiger partial charge in [-0.2, -0.15) is 0 Å². The lowest BCUT2D eigenvalue weighted by atomic mass is 10.1. The third-order valence-electron chi connectivity index (χ3n) is 3.63. The van der Waals surface area contributed by atoms with Crippen LogP contribution < -0.4 is 5.32 Å². The van der Waals surface area contributed by atoms with Gasteiger partial charge in [0.05, 0.1) is 6.20 Å². The van der Waals surface area contributed by atoms with Crippen LogP contribution in [0, 0.1) is 0 Å². The fourth-order valence-corrected chi connectivity index (χ4v) is 2.47. The number of carbonyl (C=O) groups excluding carboxylic acids is 1. The molecule has 5 heteroatoms. The molecule has 0 aliphatic rings. The van der Waals surface area contributed by atoms with E-state index in [0.29, 0.717) is 11.5 Å². The van der Waals surface area contributed by atoms with Crippen LogP contribution in [-0.4, -0.2) is 15.9 Å². The Labute approximate surface area is 132 Å². The molecule has 0 aliphatic carbocycles. The van der Waals surface area contributed by atoms with Gasteiger partial charge in [-0.25, -0.2) is 4.98 Å². The highest BCUT2D eigenvalue weighted by atomic mass is 16.3. The molecule has 2 N–H and O–H groups in total. The third-order valence-corrected chi connectivity index (χ3v) is 3.63. The standard InChI is InChI=1S/C18H13N3O2/c22-18(16-9-13-3-1-2-4-15(13)21-16)20-14-7-5-12(6-8-14)17-10-19-11-23-17/h1-11,21H,(H,20,22). The molecule has 5 nitrogen and oxygen atoms in total. The zero-order valence-corrected chi connectivity index (χ0v) is 12.1. The van der Waals surface area contributed by atoms with Crippen molar-refractivity contribution in [3.05, 3.63) is 72.9 Å². The maximum absolute atomic E-state index is 12.3. The quantitative estimate of drug-likeness (QED) is 0.599. The van der Waals surface area contributed by atoms with Crippen molar-refractivity contribution in [3.63, 3.8) is 0 Å². The Morgan fingerprint density at radius 2 is 1.91 bits per heavy atom. The lowest BCUT2D eigenvalue weighted by Gasteiger charge is -2.04. The van der Waals surface area contributed by atoms with Gasteiger partial charge in [-0.3, -0.25) is 4.79 Å². The summed E-state index contributed by atoms with van der Waals surface area (Å²) in [6.45, 7) is 0. The van der Waals surface area contributed by atoms with Gasteiger partial charge in [0.1, 0.15) is 5.69 Å². The van der Waals surface area contributed by atoms with E-state index in [2.05, 4.69) is 15.3 Å². The van der Waals surface area contributed by atoms with Crippen LogP contribution in [-0.2, 0) is 0 Å². The van der Waals surface area contributed by atoms with E-state index in [0.717, 1.165) is 22.2 Å². The predicted molar refractivity (Wildman–Crippen MR) is 88.2 cm³/mol. The molecule has 112 valence electrons. The molecule has 2 heterocycles. The Morgan fingerprint density at radius 3 is 2.65 bits per heavy atom. The highest BCUT2D eigenvalue weighted by Gasteiger charge is 2.10. The molecular weight excluding hydrogens is 290 g/mol. The van der Waals surface area contributed by atoms with Crippen molar-refractivity contribution < 1.29 is 9.21 Å². The largest absolute Gasteiger partial charge is 0.444 e. The predicted octanol–water partition coefficient (Wildman–Crippen LogP) is 4.08. The molecule has 2 aromatic carbocycles. The fourth-order valence-electron chi connectivity index (χ4n) is 2.47. The molecule has 0 atom stereocenters. The van der Waals surface area contributed by atoms with Crippen LogP contribution in [0.5, 0.6) is 0 Å². The minimum atomic E-state index is -0.173. The number of nitrogens with one attached hydrogen (secondary N) is 2. The number of aromatic nitrogens is 2. The number of H-pyrrole nitrogens is 1. The number of benzene rings is 2. The molecule has 0 fully saturated rings. The zero-order chi connectivity index (χ0) is 15.6. The molecule has 0 spiro atoms. The monoisotopic (exact) mass is 303 g/mol. The van der Waals surface area contributed by atoms with Crippen molar-refractivity contribution in [1.82, 2.24) is 9.97 Å². The number of nitrogens with zero attached hydrogens (tertiary/aromatic N) is 1. The minimum absolute atomic E-state index is 0.173. The Morgan fingerprint density at radius 1 is 1.09 bits per heavy atom. The van der Waals surface area contributed by atoms with Crippen LogP contribution in [0.25, 0.3) is 22.2 Å². The lowest BCUT2D eigenvalue weighted by molar-refractivity contribution is 0.102. The van der Waals surface area contributed by atoms with Gasteiger partial charge in [0.15, 0.2) is 12.2 Å². The number of hydrogen-bond acceptors (Lipinski definition) is 3. The highest BCUT2D eigenvalue weighted by molar-refractivity contribution is 6.05. The van der Waals surface area contributed by atoms with Crippen LogP contribution in [0.4, 0.5) is 5.69 Å². The maximum Gasteiger partial charge on any atom is 0.272 e. The number of para-hydroxylation sites is 1. The number of hydrogen-bond donors (Lipinski definition) is 2. The number of fused-ring (bicyclic) bond motifs is 1. The summed E-state index contributed by atoms with van der Waals surface area (Å²) in [5.74, 6) is 0.520. The van der Waals surface area contributed by atoms with Gasteiger partial charge < -0.3 is 14.7 Å². The molecule has 0 saturated carbocycles. The Balaban J connectivity index is 1.54. The van der Waals surface area contributed by atoms with Gasteiger partial charge >= 0.3 is 0 Å². The maximum atomic E-state index is 12.3. The van der Waals surface area contributed by atoms with E-state index in [1.165, 1.54) is 6.39 Å². The van der Waals surface area contributed by atoms with Gasteiger partial charge in [0.2, 0.25) is 0 Å². The second-order valence-electron chi connectivity index (χ2n) is 5.17. The Kier molecular flexibility index (Phi) is 3.16. The number of carbonyl (C=O) groups is 1. The summed E-state index contributed by atoms with van der Waals surface area (Å²) >= 11 is 0. The van der Waals surface area contributed by atoms with Crippen molar-refractivity contribution >= 4 is 22.5 Å².